The zero-order chi connectivity index (χ0) is 17.0. The van der Waals surface area contributed by atoms with Crippen LogP contribution in [0.15, 0.2) is 36.4 Å². The summed E-state index contributed by atoms with van der Waals surface area (Å²) < 4.78 is 5.27. The fourth-order valence-corrected chi connectivity index (χ4v) is 2.78. The molecule has 128 valence electrons. The maximum Gasteiger partial charge on any atom is 0.231 e. The minimum atomic E-state index is -0.710. The third kappa shape index (κ3) is 4.01. The van der Waals surface area contributed by atoms with E-state index in [-0.39, 0.29) is 0 Å². The highest BCUT2D eigenvalue weighted by Crippen LogP contribution is 2.23. The Morgan fingerprint density at radius 2 is 2.08 bits per heavy atom. The highest BCUT2D eigenvalue weighted by Gasteiger charge is 2.31. The summed E-state index contributed by atoms with van der Waals surface area (Å²) in [6.07, 6.45) is 1.33. The van der Waals surface area contributed by atoms with Crippen LogP contribution in [0.1, 0.15) is 18.5 Å². The molecule has 0 bridgehead atoms. The lowest BCUT2D eigenvalue weighted by molar-refractivity contribution is 0.0223. The molecule has 1 aromatic heterocycles. The number of anilines is 3. The SMILES string of the molecule is Cc1cc(NCCC2(O)CCOC2)nc(N(C)c2ccccc2)n1. The van der Waals surface area contributed by atoms with E-state index in [2.05, 4.69) is 15.3 Å². The van der Waals surface area contributed by atoms with Crippen molar-refractivity contribution in [2.24, 2.45) is 0 Å². The highest BCUT2D eigenvalue weighted by atomic mass is 16.5. The summed E-state index contributed by atoms with van der Waals surface area (Å²) in [7, 11) is 1.95. The van der Waals surface area contributed by atoms with Gasteiger partial charge in [-0.1, -0.05) is 18.2 Å². The van der Waals surface area contributed by atoms with E-state index in [1.807, 2.05) is 55.3 Å². The predicted molar refractivity (Wildman–Crippen MR) is 94.8 cm³/mol. The van der Waals surface area contributed by atoms with E-state index in [1.54, 1.807) is 0 Å². The van der Waals surface area contributed by atoms with E-state index < -0.39 is 5.60 Å². The van der Waals surface area contributed by atoms with Crippen LogP contribution in [0.4, 0.5) is 17.5 Å². The van der Waals surface area contributed by atoms with Gasteiger partial charge in [-0.25, -0.2) is 4.98 Å². The van der Waals surface area contributed by atoms with Gasteiger partial charge in [-0.3, -0.25) is 0 Å². The number of nitrogens with zero attached hydrogens (tertiary/aromatic N) is 3. The Kier molecular flexibility index (Phi) is 4.97. The lowest BCUT2D eigenvalue weighted by Gasteiger charge is -2.21. The van der Waals surface area contributed by atoms with E-state index in [4.69, 9.17) is 4.74 Å². The lowest BCUT2D eigenvalue weighted by atomic mass is 9.99. The fraction of sp³-hybridized carbons (Fsp3) is 0.444. The van der Waals surface area contributed by atoms with Crippen molar-refractivity contribution in [2.75, 3.05) is 37.0 Å². The van der Waals surface area contributed by atoms with Crippen LogP contribution in [0.2, 0.25) is 0 Å². The Balaban J connectivity index is 1.67. The molecule has 24 heavy (non-hydrogen) atoms. The third-order valence-electron chi connectivity index (χ3n) is 4.26. The summed E-state index contributed by atoms with van der Waals surface area (Å²) in [4.78, 5) is 11.1. The predicted octanol–water partition coefficient (Wildman–Crippen LogP) is 2.51. The number of ether oxygens (including phenoxy) is 1. The van der Waals surface area contributed by atoms with Crippen LogP contribution >= 0.6 is 0 Å². The smallest absolute Gasteiger partial charge is 0.231 e. The van der Waals surface area contributed by atoms with Crippen molar-refractivity contribution in [2.45, 2.75) is 25.4 Å². The number of benzene rings is 1. The second-order valence-electron chi connectivity index (χ2n) is 6.29. The minimum Gasteiger partial charge on any atom is -0.387 e. The van der Waals surface area contributed by atoms with Gasteiger partial charge in [0, 0.05) is 44.1 Å². The van der Waals surface area contributed by atoms with Gasteiger partial charge in [-0.2, -0.15) is 4.98 Å². The molecule has 2 aromatic rings. The molecule has 0 aliphatic carbocycles. The Morgan fingerprint density at radius 1 is 1.29 bits per heavy atom. The molecule has 1 unspecified atom stereocenters. The molecule has 0 radical (unpaired) electrons. The number of para-hydroxylation sites is 1. The fourth-order valence-electron chi connectivity index (χ4n) is 2.78. The van der Waals surface area contributed by atoms with Crippen molar-refractivity contribution < 1.29 is 9.84 Å². The summed E-state index contributed by atoms with van der Waals surface area (Å²) >= 11 is 0. The Hall–Kier alpha value is -2.18. The molecule has 3 rings (SSSR count). The van der Waals surface area contributed by atoms with Gasteiger partial charge in [0.15, 0.2) is 0 Å². The van der Waals surface area contributed by atoms with Crippen molar-refractivity contribution in [1.29, 1.82) is 0 Å². The number of aryl methyl sites for hydroxylation is 1. The van der Waals surface area contributed by atoms with Crippen LogP contribution in [0.25, 0.3) is 0 Å². The average Bonchev–Trinajstić information content (AvgIpc) is 3.01. The molecule has 1 fully saturated rings. The van der Waals surface area contributed by atoms with Gasteiger partial charge in [0.25, 0.3) is 0 Å². The molecule has 2 N–H and O–H groups in total. The van der Waals surface area contributed by atoms with Crippen molar-refractivity contribution in [1.82, 2.24) is 9.97 Å². The van der Waals surface area contributed by atoms with Crippen LogP contribution in [-0.4, -0.2) is 47.5 Å². The normalized spacial score (nSPS) is 20.1. The number of aromatic nitrogens is 2. The van der Waals surface area contributed by atoms with Crippen molar-refractivity contribution in [3.8, 4) is 0 Å². The molecule has 1 aliphatic heterocycles. The number of rotatable bonds is 6. The number of nitrogens with one attached hydrogen (secondary N) is 1. The van der Waals surface area contributed by atoms with Crippen molar-refractivity contribution in [3.05, 3.63) is 42.1 Å². The Bertz CT molecular complexity index is 672. The topological polar surface area (TPSA) is 70.5 Å². The summed E-state index contributed by atoms with van der Waals surface area (Å²) in [5, 5.41) is 13.6. The maximum atomic E-state index is 10.3. The minimum absolute atomic E-state index is 0.416. The number of aliphatic hydroxyl groups is 1. The molecule has 6 nitrogen and oxygen atoms in total. The van der Waals surface area contributed by atoms with Gasteiger partial charge in [0.1, 0.15) is 5.82 Å². The summed E-state index contributed by atoms with van der Waals surface area (Å²) in [6.45, 7) is 3.65. The molecule has 0 saturated carbocycles. The van der Waals surface area contributed by atoms with Crippen LogP contribution in [0, 0.1) is 6.92 Å². The molecule has 2 heterocycles. The zero-order valence-corrected chi connectivity index (χ0v) is 14.2. The van der Waals surface area contributed by atoms with Gasteiger partial charge >= 0.3 is 0 Å². The first-order valence-electron chi connectivity index (χ1n) is 8.24. The summed E-state index contributed by atoms with van der Waals surface area (Å²) in [6, 6.07) is 11.9. The molecule has 1 aromatic carbocycles. The van der Waals surface area contributed by atoms with Gasteiger partial charge in [-0.05, 0) is 25.5 Å². The first kappa shape index (κ1) is 16.7. The monoisotopic (exact) mass is 328 g/mol. The first-order chi connectivity index (χ1) is 11.6. The van der Waals surface area contributed by atoms with Crippen LogP contribution < -0.4 is 10.2 Å². The lowest BCUT2D eigenvalue weighted by Crippen LogP contribution is -2.31. The van der Waals surface area contributed by atoms with Gasteiger partial charge in [0.2, 0.25) is 5.95 Å². The van der Waals surface area contributed by atoms with Crippen molar-refractivity contribution >= 4 is 17.5 Å². The van der Waals surface area contributed by atoms with E-state index >= 15 is 0 Å². The Morgan fingerprint density at radius 3 is 2.79 bits per heavy atom. The molecule has 1 atom stereocenters. The molecular weight excluding hydrogens is 304 g/mol. The van der Waals surface area contributed by atoms with Gasteiger partial charge in [-0.15, -0.1) is 0 Å². The number of hydrogen-bond acceptors (Lipinski definition) is 6. The van der Waals surface area contributed by atoms with Gasteiger partial charge < -0.3 is 20.1 Å². The molecule has 0 amide bonds. The quantitative estimate of drug-likeness (QED) is 0.849. The number of hydrogen-bond donors (Lipinski definition) is 2. The molecular formula is C18H24N4O2. The first-order valence-corrected chi connectivity index (χ1v) is 8.24. The van der Waals surface area contributed by atoms with E-state index in [0.29, 0.717) is 38.5 Å². The van der Waals surface area contributed by atoms with E-state index in [9.17, 15) is 5.11 Å². The van der Waals surface area contributed by atoms with Crippen LogP contribution in [0.3, 0.4) is 0 Å². The molecule has 1 aliphatic rings. The summed E-state index contributed by atoms with van der Waals surface area (Å²) in [5.74, 6) is 1.41. The second-order valence-corrected chi connectivity index (χ2v) is 6.29. The Labute approximate surface area is 142 Å². The highest BCUT2D eigenvalue weighted by molar-refractivity contribution is 5.57. The third-order valence-corrected chi connectivity index (χ3v) is 4.26. The molecule has 1 saturated heterocycles. The second kappa shape index (κ2) is 7.15. The maximum absolute atomic E-state index is 10.3. The van der Waals surface area contributed by atoms with Crippen molar-refractivity contribution in [3.63, 3.8) is 0 Å². The summed E-state index contributed by atoms with van der Waals surface area (Å²) in [5.41, 5.74) is 1.22. The van der Waals surface area contributed by atoms with Crippen LogP contribution in [0.5, 0.6) is 0 Å². The van der Waals surface area contributed by atoms with Crippen LogP contribution in [-0.2, 0) is 4.74 Å². The average molecular weight is 328 g/mol. The van der Waals surface area contributed by atoms with Gasteiger partial charge in [0.05, 0.1) is 12.2 Å². The van der Waals surface area contributed by atoms with E-state index in [1.165, 1.54) is 0 Å². The molecule has 6 heteroatoms. The molecule has 0 spiro atoms. The largest absolute Gasteiger partial charge is 0.387 e. The standard InChI is InChI=1S/C18H24N4O2/c1-14-12-16(19-10-8-18(23)9-11-24-13-18)21-17(20-14)22(2)15-6-4-3-5-7-15/h3-7,12,23H,8-11,13H2,1-2H3,(H,19,20,21). The van der Waals surface area contributed by atoms with E-state index in [0.717, 1.165) is 17.2 Å². The zero-order valence-electron chi connectivity index (χ0n) is 14.2.